The highest BCUT2D eigenvalue weighted by Crippen LogP contribution is 2.23. The molecule has 27 heavy (non-hydrogen) atoms. The number of para-hydroxylation sites is 1. The van der Waals surface area contributed by atoms with E-state index < -0.39 is 0 Å². The second-order valence-electron chi connectivity index (χ2n) is 7.15. The topological polar surface area (TPSA) is 47.6 Å². The van der Waals surface area contributed by atoms with Crippen molar-refractivity contribution in [3.05, 3.63) is 59.9 Å². The second-order valence-corrected chi connectivity index (χ2v) is 7.15. The minimum absolute atomic E-state index is 0.0457. The van der Waals surface area contributed by atoms with Crippen LogP contribution in [0.3, 0.4) is 0 Å². The van der Waals surface area contributed by atoms with Crippen LogP contribution in [0.1, 0.15) is 16.8 Å². The van der Waals surface area contributed by atoms with Crippen LogP contribution < -0.4 is 10.6 Å². The molecular weight excluding hydrogens is 343 g/mol. The fraction of sp³-hybridized carbons (Fsp3) is 0.381. The monoisotopic (exact) mass is 368 g/mol. The summed E-state index contributed by atoms with van der Waals surface area (Å²) in [6.45, 7) is 5.49. The molecule has 142 valence electrons. The SMILES string of the molecule is O=C(c1ccccc1Nc1ccc(F)cc1)N1CCN(C2CCNC2)CC1. The van der Waals surface area contributed by atoms with Crippen molar-refractivity contribution < 1.29 is 9.18 Å². The van der Waals surface area contributed by atoms with E-state index in [-0.39, 0.29) is 11.7 Å². The molecule has 2 aromatic rings. The van der Waals surface area contributed by atoms with E-state index in [4.69, 9.17) is 0 Å². The van der Waals surface area contributed by atoms with Crippen LogP contribution in [0, 0.1) is 5.82 Å². The Kier molecular flexibility index (Phi) is 5.36. The maximum absolute atomic E-state index is 13.1. The molecule has 0 radical (unpaired) electrons. The standard InChI is InChI=1S/C21H25FN4O/c22-16-5-7-17(8-6-16)24-20-4-2-1-3-19(20)21(27)26-13-11-25(12-14-26)18-9-10-23-15-18/h1-8,18,23-24H,9-15H2. The van der Waals surface area contributed by atoms with Gasteiger partial charge < -0.3 is 15.5 Å². The van der Waals surface area contributed by atoms with Gasteiger partial charge in [-0.2, -0.15) is 0 Å². The molecule has 1 atom stereocenters. The average Bonchev–Trinajstić information content (AvgIpc) is 3.25. The summed E-state index contributed by atoms with van der Waals surface area (Å²) < 4.78 is 13.1. The van der Waals surface area contributed by atoms with Crippen LogP contribution in [0.4, 0.5) is 15.8 Å². The fourth-order valence-corrected chi connectivity index (χ4v) is 3.88. The number of carbonyl (C=O) groups is 1. The van der Waals surface area contributed by atoms with Crippen LogP contribution in [-0.2, 0) is 0 Å². The van der Waals surface area contributed by atoms with Crippen LogP contribution in [0.15, 0.2) is 48.5 Å². The molecule has 6 heteroatoms. The molecule has 0 aliphatic carbocycles. The van der Waals surface area contributed by atoms with Crippen molar-refractivity contribution in [2.75, 3.05) is 44.6 Å². The highest BCUT2D eigenvalue weighted by atomic mass is 19.1. The molecule has 0 spiro atoms. The van der Waals surface area contributed by atoms with Gasteiger partial charge in [0.05, 0.1) is 11.3 Å². The molecule has 2 aliphatic rings. The van der Waals surface area contributed by atoms with Gasteiger partial charge in [-0.15, -0.1) is 0 Å². The van der Waals surface area contributed by atoms with Crippen molar-refractivity contribution in [3.8, 4) is 0 Å². The number of piperazine rings is 1. The van der Waals surface area contributed by atoms with E-state index in [2.05, 4.69) is 15.5 Å². The van der Waals surface area contributed by atoms with E-state index in [9.17, 15) is 9.18 Å². The molecule has 2 fully saturated rings. The van der Waals surface area contributed by atoms with Gasteiger partial charge in [0.15, 0.2) is 0 Å². The van der Waals surface area contributed by atoms with Crippen molar-refractivity contribution in [3.63, 3.8) is 0 Å². The van der Waals surface area contributed by atoms with Gasteiger partial charge in [-0.25, -0.2) is 4.39 Å². The Morgan fingerprint density at radius 2 is 1.78 bits per heavy atom. The lowest BCUT2D eigenvalue weighted by Gasteiger charge is -2.38. The average molecular weight is 368 g/mol. The van der Waals surface area contributed by atoms with Gasteiger partial charge in [0.1, 0.15) is 5.82 Å². The Morgan fingerprint density at radius 1 is 1.04 bits per heavy atom. The summed E-state index contributed by atoms with van der Waals surface area (Å²) in [6.07, 6.45) is 1.19. The number of halogens is 1. The van der Waals surface area contributed by atoms with Crippen molar-refractivity contribution in [2.45, 2.75) is 12.5 Å². The second kappa shape index (κ2) is 8.06. The minimum atomic E-state index is -0.278. The van der Waals surface area contributed by atoms with Crippen LogP contribution >= 0.6 is 0 Å². The first-order valence-electron chi connectivity index (χ1n) is 9.56. The summed E-state index contributed by atoms with van der Waals surface area (Å²) in [5.41, 5.74) is 2.16. The highest BCUT2D eigenvalue weighted by molar-refractivity contribution is 6.00. The molecule has 5 nitrogen and oxygen atoms in total. The van der Waals surface area contributed by atoms with Crippen LogP contribution in [0.25, 0.3) is 0 Å². The quantitative estimate of drug-likeness (QED) is 0.871. The first kappa shape index (κ1) is 17.9. The van der Waals surface area contributed by atoms with Crippen LogP contribution in [-0.4, -0.2) is 61.0 Å². The predicted octanol–water partition coefficient (Wildman–Crippen LogP) is 2.69. The summed E-state index contributed by atoms with van der Waals surface area (Å²) in [7, 11) is 0. The third-order valence-electron chi connectivity index (χ3n) is 5.43. The molecule has 1 amide bonds. The van der Waals surface area contributed by atoms with Gasteiger partial charge in [0.25, 0.3) is 5.91 Å². The Balaban J connectivity index is 1.43. The molecule has 2 N–H and O–H groups in total. The largest absolute Gasteiger partial charge is 0.355 e. The lowest BCUT2D eigenvalue weighted by atomic mass is 10.1. The van der Waals surface area contributed by atoms with Crippen molar-refractivity contribution in [2.24, 2.45) is 0 Å². The molecule has 2 aromatic carbocycles. The van der Waals surface area contributed by atoms with Gasteiger partial charge in [0.2, 0.25) is 0 Å². The number of rotatable bonds is 4. The lowest BCUT2D eigenvalue weighted by Crippen LogP contribution is -2.52. The van der Waals surface area contributed by atoms with E-state index in [1.54, 1.807) is 12.1 Å². The summed E-state index contributed by atoms with van der Waals surface area (Å²) in [5.74, 6) is -0.232. The lowest BCUT2D eigenvalue weighted by molar-refractivity contribution is 0.0585. The van der Waals surface area contributed by atoms with Gasteiger partial charge in [-0.3, -0.25) is 9.69 Å². The fourth-order valence-electron chi connectivity index (χ4n) is 3.88. The number of amides is 1. The molecule has 0 bridgehead atoms. The number of anilines is 2. The number of hydrogen-bond acceptors (Lipinski definition) is 4. The van der Waals surface area contributed by atoms with E-state index in [1.807, 2.05) is 29.2 Å². The first-order valence-corrected chi connectivity index (χ1v) is 9.56. The van der Waals surface area contributed by atoms with Gasteiger partial charge in [-0.1, -0.05) is 12.1 Å². The molecule has 0 saturated carbocycles. The summed E-state index contributed by atoms with van der Waals surface area (Å²) in [6, 6.07) is 14.3. The Morgan fingerprint density at radius 3 is 2.48 bits per heavy atom. The molecule has 2 heterocycles. The van der Waals surface area contributed by atoms with Gasteiger partial charge in [0, 0.05) is 44.5 Å². The van der Waals surface area contributed by atoms with Crippen molar-refractivity contribution in [1.82, 2.24) is 15.1 Å². The zero-order valence-electron chi connectivity index (χ0n) is 15.3. The van der Waals surface area contributed by atoms with Crippen molar-refractivity contribution >= 4 is 17.3 Å². The zero-order valence-corrected chi connectivity index (χ0v) is 15.3. The van der Waals surface area contributed by atoms with Crippen LogP contribution in [0.2, 0.25) is 0 Å². The normalized spacial score (nSPS) is 20.6. The maximum Gasteiger partial charge on any atom is 0.256 e. The maximum atomic E-state index is 13.1. The number of nitrogens with zero attached hydrogens (tertiary/aromatic N) is 2. The molecule has 2 saturated heterocycles. The summed E-state index contributed by atoms with van der Waals surface area (Å²) in [5, 5.41) is 6.65. The third kappa shape index (κ3) is 4.12. The number of hydrogen-bond donors (Lipinski definition) is 2. The molecule has 1 unspecified atom stereocenters. The predicted molar refractivity (Wildman–Crippen MR) is 105 cm³/mol. The molecule has 2 aliphatic heterocycles. The summed E-state index contributed by atoms with van der Waals surface area (Å²) >= 11 is 0. The number of benzene rings is 2. The Bertz CT molecular complexity index is 781. The molecule has 0 aromatic heterocycles. The number of nitrogens with one attached hydrogen (secondary N) is 2. The minimum Gasteiger partial charge on any atom is -0.355 e. The highest BCUT2D eigenvalue weighted by Gasteiger charge is 2.28. The van der Waals surface area contributed by atoms with Crippen molar-refractivity contribution in [1.29, 1.82) is 0 Å². The Labute approximate surface area is 159 Å². The van der Waals surface area contributed by atoms with Crippen LogP contribution in [0.5, 0.6) is 0 Å². The summed E-state index contributed by atoms with van der Waals surface area (Å²) in [4.78, 5) is 17.5. The van der Waals surface area contributed by atoms with E-state index in [0.717, 1.165) is 50.6 Å². The van der Waals surface area contributed by atoms with E-state index in [0.29, 0.717) is 11.6 Å². The first-order chi connectivity index (χ1) is 13.2. The smallest absolute Gasteiger partial charge is 0.256 e. The van der Waals surface area contributed by atoms with E-state index >= 15 is 0 Å². The van der Waals surface area contributed by atoms with E-state index in [1.165, 1.54) is 18.6 Å². The number of carbonyl (C=O) groups excluding carboxylic acids is 1. The van der Waals surface area contributed by atoms with Gasteiger partial charge in [-0.05, 0) is 49.4 Å². The molecular formula is C21H25FN4O. The Hall–Kier alpha value is -2.44. The van der Waals surface area contributed by atoms with Gasteiger partial charge >= 0.3 is 0 Å². The zero-order chi connectivity index (χ0) is 18.6. The third-order valence-corrected chi connectivity index (χ3v) is 5.43. The molecule has 4 rings (SSSR count).